The van der Waals surface area contributed by atoms with Crippen molar-refractivity contribution in [1.29, 1.82) is 0 Å². The Morgan fingerprint density at radius 2 is 1.95 bits per heavy atom. The third kappa shape index (κ3) is 5.25. The van der Waals surface area contributed by atoms with E-state index in [1.165, 1.54) is 0 Å². The molecular weight excluding hydrogens is 341 g/mol. The zero-order valence-corrected chi connectivity index (χ0v) is 15.0. The number of halogens is 2. The van der Waals surface area contributed by atoms with Gasteiger partial charge in [-0.05, 0) is 5.56 Å². The van der Waals surface area contributed by atoms with Crippen molar-refractivity contribution in [2.75, 3.05) is 7.05 Å². The zero-order chi connectivity index (χ0) is 14.5. The number of hydrogen-bond donors (Lipinski definition) is 1. The first-order valence-electron chi connectivity index (χ1n) is 6.53. The highest BCUT2D eigenvalue weighted by Gasteiger charge is 2.25. The quantitative estimate of drug-likeness (QED) is 0.888. The van der Waals surface area contributed by atoms with Gasteiger partial charge in [0.25, 0.3) is 0 Å². The average Bonchev–Trinajstić information content (AvgIpc) is 2.98. The second kappa shape index (κ2) is 9.79. The molecule has 2 rings (SSSR count). The van der Waals surface area contributed by atoms with Crippen LogP contribution in [0, 0.1) is 5.92 Å². The highest BCUT2D eigenvalue weighted by atomic mass is 35.5. The van der Waals surface area contributed by atoms with Gasteiger partial charge < -0.3 is 10.6 Å². The summed E-state index contributed by atoms with van der Waals surface area (Å²) in [4.78, 5) is 18.3. The summed E-state index contributed by atoms with van der Waals surface area (Å²) in [5.74, 6) is -0.223. The minimum Gasteiger partial charge on any atom is -0.339 e. The maximum absolute atomic E-state index is 12.4. The molecule has 0 aliphatic rings. The van der Waals surface area contributed by atoms with Crippen molar-refractivity contribution < 1.29 is 4.79 Å². The predicted molar refractivity (Wildman–Crippen MR) is 95.6 cm³/mol. The van der Waals surface area contributed by atoms with Crippen molar-refractivity contribution in [1.82, 2.24) is 9.88 Å². The standard InChI is InChI=1S/C15H19N3OS.2ClH/c1-11(14(16)12-6-4-3-5-7-12)15(19)18(2)10-13-17-8-9-20-13;;/h3-9,11,14H,10,16H2,1-2H3;2*1H. The van der Waals surface area contributed by atoms with Crippen LogP contribution in [0.15, 0.2) is 41.9 Å². The molecule has 1 heterocycles. The lowest BCUT2D eigenvalue weighted by molar-refractivity contribution is -0.134. The number of nitrogens with zero attached hydrogens (tertiary/aromatic N) is 2. The Bertz CT molecular complexity index is 551. The molecule has 1 aromatic carbocycles. The Labute approximate surface area is 147 Å². The van der Waals surface area contributed by atoms with Crippen LogP contribution in [0.25, 0.3) is 0 Å². The smallest absolute Gasteiger partial charge is 0.227 e. The molecule has 22 heavy (non-hydrogen) atoms. The van der Waals surface area contributed by atoms with Crippen molar-refractivity contribution in [3.8, 4) is 0 Å². The molecule has 122 valence electrons. The van der Waals surface area contributed by atoms with E-state index in [9.17, 15) is 4.79 Å². The molecule has 7 heteroatoms. The number of hydrogen-bond acceptors (Lipinski definition) is 4. The maximum atomic E-state index is 12.4. The molecular formula is C15H21Cl2N3OS. The maximum Gasteiger partial charge on any atom is 0.227 e. The van der Waals surface area contributed by atoms with Crippen LogP contribution in [0.1, 0.15) is 23.5 Å². The number of benzene rings is 1. The summed E-state index contributed by atoms with van der Waals surface area (Å²) >= 11 is 1.55. The van der Waals surface area contributed by atoms with Crippen LogP contribution in [0.5, 0.6) is 0 Å². The number of carbonyl (C=O) groups is 1. The lowest BCUT2D eigenvalue weighted by Gasteiger charge is -2.25. The van der Waals surface area contributed by atoms with E-state index in [4.69, 9.17) is 5.73 Å². The van der Waals surface area contributed by atoms with Gasteiger partial charge in [-0.15, -0.1) is 36.2 Å². The molecule has 0 aliphatic heterocycles. The topological polar surface area (TPSA) is 59.2 Å². The van der Waals surface area contributed by atoms with E-state index in [-0.39, 0.29) is 42.7 Å². The molecule has 0 bridgehead atoms. The fourth-order valence-corrected chi connectivity index (χ4v) is 2.75. The Hall–Kier alpha value is -1.14. The van der Waals surface area contributed by atoms with Crippen molar-refractivity contribution in [3.05, 3.63) is 52.5 Å². The summed E-state index contributed by atoms with van der Waals surface area (Å²) in [6.45, 7) is 2.40. The summed E-state index contributed by atoms with van der Waals surface area (Å²) in [6, 6.07) is 9.43. The van der Waals surface area contributed by atoms with Crippen molar-refractivity contribution in [2.45, 2.75) is 19.5 Å². The average molecular weight is 362 g/mol. The Morgan fingerprint density at radius 3 is 2.50 bits per heavy atom. The number of amides is 1. The number of carbonyl (C=O) groups excluding carboxylic acids is 1. The van der Waals surface area contributed by atoms with Gasteiger partial charge in [-0.3, -0.25) is 4.79 Å². The Morgan fingerprint density at radius 1 is 1.32 bits per heavy atom. The van der Waals surface area contributed by atoms with Crippen molar-refractivity contribution in [2.24, 2.45) is 11.7 Å². The minimum absolute atomic E-state index is 0. The fraction of sp³-hybridized carbons (Fsp3) is 0.333. The van der Waals surface area contributed by atoms with Gasteiger partial charge in [0.2, 0.25) is 5.91 Å². The van der Waals surface area contributed by atoms with Crippen molar-refractivity contribution >= 4 is 42.1 Å². The van der Waals surface area contributed by atoms with Crippen LogP contribution >= 0.6 is 36.2 Å². The third-order valence-electron chi connectivity index (χ3n) is 3.34. The summed E-state index contributed by atoms with van der Waals surface area (Å²) in [5, 5.41) is 2.84. The van der Waals surface area contributed by atoms with Gasteiger partial charge in [0, 0.05) is 24.7 Å². The molecule has 2 aromatic rings. The molecule has 0 spiro atoms. The van der Waals surface area contributed by atoms with E-state index < -0.39 is 0 Å². The van der Waals surface area contributed by atoms with Gasteiger partial charge in [0.05, 0.1) is 12.5 Å². The van der Waals surface area contributed by atoms with E-state index in [1.807, 2.05) is 42.6 Å². The number of aromatic nitrogens is 1. The molecule has 0 saturated heterocycles. The van der Waals surface area contributed by atoms with Crippen LogP contribution in [0.3, 0.4) is 0 Å². The highest BCUT2D eigenvalue weighted by molar-refractivity contribution is 7.09. The van der Waals surface area contributed by atoms with Crippen LogP contribution in [0.4, 0.5) is 0 Å². The van der Waals surface area contributed by atoms with Gasteiger partial charge in [0.1, 0.15) is 5.01 Å². The van der Waals surface area contributed by atoms with Gasteiger partial charge >= 0.3 is 0 Å². The molecule has 1 aromatic heterocycles. The number of nitrogens with two attached hydrogens (primary N) is 1. The van der Waals surface area contributed by atoms with Crippen LogP contribution in [-0.4, -0.2) is 22.8 Å². The van der Waals surface area contributed by atoms with E-state index >= 15 is 0 Å². The van der Waals surface area contributed by atoms with E-state index in [0.717, 1.165) is 10.6 Å². The molecule has 0 aliphatic carbocycles. The molecule has 4 nitrogen and oxygen atoms in total. The molecule has 2 unspecified atom stereocenters. The summed E-state index contributed by atoms with van der Waals surface area (Å²) < 4.78 is 0. The highest BCUT2D eigenvalue weighted by Crippen LogP contribution is 2.21. The number of thiazole rings is 1. The second-order valence-electron chi connectivity index (χ2n) is 4.85. The normalized spacial score (nSPS) is 12.5. The summed E-state index contributed by atoms with van der Waals surface area (Å²) in [7, 11) is 1.79. The first-order valence-corrected chi connectivity index (χ1v) is 7.41. The fourth-order valence-electron chi connectivity index (χ4n) is 2.08. The lowest BCUT2D eigenvalue weighted by atomic mass is 9.94. The Balaban J connectivity index is 0.00000220. The van der Waals surface area contributed by atoms with E-state index in [0.29, 0.717) is 6.54 Å². The summed E-state index contributed by atoms with van der Waals surface area (Å²) in [5.41, 5.74) is 7.17. The zero-order valence-electron chi connectivity index (χ0n) is 12.5. The van der Waals surface area contributed by atoms with Crippen molar-refractivity contribution in [3.63, 3.8) is 0 Å². The first-order chi connectivity index (χ1) is 9.59. The molecule has 2 N–H and O–H groups in total. The Kier molecular flexibility index (Phi) is 9.28. The largest absolute Gasteiger partial charge is 0.339 e. The SMILES string of the molecule is CC(C(=O)N(C)Cc1nccs1)C(N)c1ccccc1.Cl.Cl. The van der Waals surface area contributed by atoms with Gasteiger partial charge in [-0.25, -0.2) is 4.98 Å². The van der Waals surface area contributed by atoms with Crippen LogP contribution < -0.4 is 5.73 Å². The van der Waals surface area contributed by atoms with Gasteiger partial charge in [-0.2, -0.15) is 0 Å². The minimum atomic E-state index is -0.289. The summed E-state index contributed by atoms with van der Waals surface area (Å²) in [6.07, 6.45) is 1.75. The van der Waals surface area contributed by atoms with Crippen LogP contribution in [-0.2, 0) is 11.3 Å². The lowest BCUT2D eigenvalue weighted by Crippen LogP contribution is -2.36. The molecule has 0 radical (unpaired) electrons. The molecule has 0 fully saturated rings. The van der Waals surface area contributed by atoms with Gasteiger partial charge in [0.15, 0.2) is 0 Å². The third-order valence-corrected chi connectivity index (χ3v) is 4.11. The molecule has 2 atom stereocenters. The second-order valence-corrected chi connectivity index (χ2v) is 5.82. The number of rotatable bonds is 5. The van der Waals surface area contributed by atoms with Crippen LogP contribution in [0.2, 0.25) is 0 Å². The molecule has 0 saturated carbocycles. The van der Waals surface area contributed by atoms with Gasteiger partial charge in [-0.1, -0.05) is 37.3 Å². The van der Waals surface area contributed by atoms with E-state index in [2.05, 4.69) is 4.98 Å². The van der Waals surface area contributed by atoms with E-state index in [1.54, 1.807) is 29.5 Å². The molecule has 1 amide bonds. The first kappa shape index (κ1) is 20.9. The monoisotopic (exact) mass is 361 g/mol. The predicted octanol–water partition coefficient (Wildman–Crippen LogP) is 3.28.